The zero-order chi connectivity index (χ0) is 58.7. The standard InChI is InChI=1S/C54H79N11O14/c1-8-14-40(67)58-38(27-33-18-20-34(66)21-19-33)47(71)61-37(52(76)77)22-24-41(68)62-44-31(6)79-53(78)43(30(5)9-2)63-48(72)39(28-32-15-11-10-12-16-32)64(7)51(75)45(29(3)4)65-42(69)25-23-36(50(65)74)60-46(70)35(59-49(44)73)17-13-26-57-54(55)56/h10-12,15-16,18-21,29-31,35-39,42-45,66,69H,8-9,13-14,17,22-28H2,1-7H3,(H,58,67)(H,59,73)(H,60,70)(H,61,71)(H,62,68)(H,63,72)(H,76,77)(H4,55,56,57)/t30-,31-,35-,36-,37-,38-,39-,42+,43-,44-,45-/m0/s1. The number of nitrogens with two attached hydrogens (primary N) is 2. The van der Waals surface area contributed by atoms with Crippen molar-refractivity contribution in [1.82, 2.24) is 41.7 Å². The molecule has 0 aliphatic carbocycles. The molecule has 2 aliphatic heterocycles. The summed E-state index contributed by atoms with van der Waals surface area (Å²) in [6.07, 6.45) is -3.85. The van der Waals surface area contributed by atoms with E-state index in [9.17, 15) is 63.3 Å². The molecule has 2 heterocycles. The van der Waals surface area contributed by atoms with Gasteiger partial charge in [0.2, 0.25) is 47.3 Å². The Morgan fingerprint density at radius 2 is 1.49 bits per heavy atom. The number of aliphatic carboxylic acids is 1. The Labute approximate surface area is 459 Å². The molecule has 2 aromatic carbocycles. The number of nitrogens with one attached hydrogen (secondary N) is 6. The van der Waals surface area contributed by atoms with Gasteiger partial charge in [0, 0.05) is 39.3 Å². The largest absolute Gasteiger partial charge is 0.508 e. The number of carboxylic acid groups (broad SMARTS) is 1. The van der Waals surface area contributed by atoms with Crippen LogP contribution in [0.1, 0.15) is 110 Å². The molecular weight excluding hydrogens is 1030 g/mol. The second kappa shape index (κ2) is 30.4. The minimum atomic E-state index is -1.83. The van der Waals surface area contributed by atoms with Gasteiger partial charge in [-0.2, -0.15) is 0 Å². The van der Waals surface area contributed by atoms with E-state index in [4.69, 9.17) is 16.2 Å². The first-order chi connectivity index (χ1) is 37.4. The van der Waals surface area contributed by atoms with Gasteiger partial charge >= 0.3 is 11.9 Å². The molecule has 0 radical (unpaired) electrons. The zero-order valence-electron chi connectivity index (χ0n) is 45.9. The van der Waals surface area contributed by atoms with Crippen molar-refractivity contribution in [2.75, 3.05) is 13.6 Å². The number of carbonyl (C=O) groups excluding carboxylic acids is 9. The van der Waals surface area contributed by atoms with E-state index in [1.165, 1.54) is 38.2 Å². The van der Waals surface area contributed by atoms with Gasteiger partial charge in [0.25, 0.3) is 0 Å². The fraction of sp³-hybridized carbons (Fsp3) is 0.574. The number of guanidine groups is 1. The minimum Gasteiger partial charge on any atom is -0.508 e. The third-order valence-electron chi connectivity index (χ3n) is 14.0. The summed E-state index contributed by atoms with van der Waals surface area (Å²) >= 11 is 0. The maximum Gasteiger partial charge on any atom is 0.329 e. The summed E-state index contributed by atoms with van der Waals surface area (Å²) in [7, 11) is 1.38. The lowest BCUT2D eigenvalue weighted by molar-refractivity contribution is -0.167. The number of carbonyl (C=O) groups is 10. The van der Waals surface area contributed by atoms with Gasteiger partial charge in [-0.05, 0) is 80.5 Å². The summed E-state index contributed by atoms with van der Waals surface area (Å²) in [4.78, 5) is 146. The number of nitrogens with zero attached hydrogens (tertiary/aromatic N) is 3. The lowest BCUT2D eigenvalue weighted by Crippen LogP contribution is -2.66. The number of aliphatic hydroxyl groups excluding tert-OH is 1. The summed E-state index contributed by atoms with van der Waals surface area (Å²) in [6, 6.07) is 2.82. The monoisotopic (exact) mass is 1110 g/mol. The third-order valence-corrected chi connectivity index (χ3v) is 14.0. The quantitative estimate of drug-likeness (QED) is 0.0328. The van der Waals surface area contributed by atoms with E-state index < -0.39 is 145 Å². The number of hydrogen-bond donors (Lipinski definition) is 11. The molecule has 25 heteroatoms. The third kappa shape index (κ3) is 18.7. The molecule has 0 aromatic heterocycles. The summed E-state index contributed by atoms with van der Waals surface area (Å²) in [6.45, 7) is 9.74. The van der Waals surface area contributed by atoms with Crippen LogP contribution in [0.15, 0.2) is 59.6 Å². The number of cyclic esters (lactones) is 1. The Morgan fingerprint density at radius 3 is 2.10 bits per heavy atom. The lowest BCUT2D eigenvalue weighted by atomic mass is 9.93. The van der Waals surface area contributed by atoms with Crippen molar-refractivity contribution in [3.05, 3.63) is 65.7 Å². The number of benzene rings is 2. The van der Waals surface area contributed by atoms with Crippen LogP contribution in [0.25, 0.3) is 0 Å². The molecule has 8 amide bonds. The average molecular weight is 1110 g/mol. The first-order valence-corrected chi connectivity index (χ1v) is 26.7. The van der Waals surface area contributed by atoms with Crippen LogP contribution in [0.2, 0.25) is 0 Å². The maximum atomic E-state index is 14.8. The molecule has 2 aromatic rings. The number of hydrogen-bond acceptors (Lipinski definition) is 14. The number of fused-ring (bicyclic) bond motifs is 2. The molecule has 13 N–H and O–H groups in total. The molecule has 2 bridgehead atoms. The first-order valence-electron chi connectivity index (χ1n) is 26.7. The molecule has 434 valence electrons. The number of piperidine rings is 1. The van der Waals surface area contributed by atoms with Gasteiger partial charge in [-0.15, -0.1) is 0 Å². The van der Waals surface area contributed by atoms with E-state index >= 15 is 0 Å². The van der Waals surface area contributed by atoms with Crippen LogP contribution in [-0.2, 0) is 65.5 Å². The second-order valence-electron chi connectivity index (χ2n) is 20.5. The molecule has 2 saturated heterocycles. The normalized spacial score (nSPS) is 23.7. The highest BCUT2D eigenvalue weighted by Crippen LogP contribution is 2.27. The summed E-state index contributed by atoms with van der Waals surface area (Å²) in [5.41, 5.74) is 12.2. The predicted molar refractivity (Wildman–Crippen MR) is 288 cm³/mol. The molecular formula is C54H79N11O14. The Bertz CT molecular complexity index is 2490. The smallest absolute Gasteiger partial charge is 0.329 e. The SMILES string of the molecule is CCCC(=O)N[C@@H](Cc1ccc(O)cc1)C(=O)N[C@@H](CCC(=O)N[C@@H]1C(=O)N[C@@H](CCCN=C(N)N)C(=O)N[C@H]2CC[C@@H](O)N(C2=O)[C@@H](C(C)C)C(=O)N(C)[C@@H](Cc2ccccc2)C(=O)N[C@@H]([C@@H](C)CC)C(=O)O[C@H]1C)C(=O)O. The van der Waals surface area contributed by atoms with Gasteiger partial charge < -0.3 is 73.2 Å². The van der Waals surface area contributed by atoms with Gasteiger partial charge in [0.05, 0.1) is 0 Å². The van der Waals surface area contributed by atoms with E-state index in [0.29, 0.717) is 24.0 Å². The van der Waals surface area contributed by atoms with Crippen LogP contribution in [0, 0.1) is 11.8 Å². The topological polar surface area (TPSA) is 384 Å². The van der Waals surface area contributed by atoms with Crippen molar-refractivity contribution in [1.29, 1.82) is 0 Å². The zero-order valence-corrected chi connectivity index (χ0v) is 45.9. The average Bonchev–Trinajstić information content (AvgIpc) is 3.40. The minimum absolute atomic E-state index is 0.0118. The number of phenolic OH excluding ortho intramolecular Hbond substituents is 1. The number of phenols is 1. The fourth-order valence-corrected chi connectivity index (χ4v) is 9.26. The Hall–Kier alpha value is -7.83. The molecule has 4 rings (SSSR count). The number of ether oxygens (including phenoxy) is 1. The molecule has 11 atom stereocenters. The van der Waals surface area contributed by atoms with E-state index in [1.54, 1.807) is 65.0 Å². The van der Waals surface area contributed by atoms with Crippen molar-refractivity contribution in [2.45, 2.75) is 173 Å². The molecule has 2 fully saturated rings. The number of likely N-dealkylation sites (N-methyl/N-ethyl adjacent to an activating group) is 1. The number of aromatic hydroxyl groups is 1. The van der Waals surface area contributed by atoms with E-state index in [0.717, 1.165) is 9.80 Å². The van der Waals surface area contributed by atoms with Crippen molar-refractivity contribution in [2.24, 2.45) is 28.3 Å². The Balaban J connectivity index is 1.76. The van der Waals surface area contributed by atoms with Gasteiger partial charge in [0.1, 0.15) is 66.4 Å². The van der Waals surface area contributed by atoms with Gasteiger partial charge in [-0.3, -0.25) is 43.3 Å². The highest BCUT2D eigenvalue weighted by Gasteiger charge is 2.47. The number of amides is 8. The molecule has 0 unspecified atom stereocenters. The molecule has 79 heavy (non-hydrogen) atoms. The van der Waals surface area contributed by atoms with E-state index in [1.807, 2.05) is 0 Å². The molecule has 0 spiro atoms. The van der Waals surface area contributed by atoms with Crippen LogP contribution in [0.4, 0.5) is 0 Å². The van der Waals surface area contributed by atoms with Crippen LogP contribution in [0.5, 0.6) is 5.75 Å². The van der Waals surface area contributed by atoms with Crippen LogP contribution in [-0.4, -0.2) is 165 Å². The number of esters is 1. The number of aliphatic imine (C=N–C) groups is 1. The Kier molecular flexibility index (Phi) is 24.5. The van der Waals surface area contributed by atoms with Crippen molar-refractivity contribution < 1.29 is 68.0 Å². The van der Waals surface area contributed by atoms with E-state index in [2.05, 4.69) is 36.9 Å². The molecule has 2 aliphatic rings. The summed E-state index contributed by atoms with van der Waals surface area (Å²) in [5.74, 6) is -10.8. The van der Waals surface area contributed by atoms with Crippen LogP contribution < -0.4 is 43.4 Å². The van der Waals surface area contributed by atoms with Crippen molar-refractivity contribution in [3.63, 3.8) is 0 Å². The van der Waals surface area contributed by atoms with Gasteiger partial charge in [-0.1, -0.05) is 83.5 Å². The lowest BCUT2D eigenvalue weighted by Gasteiger charge is -2.44. The number of rotatable bonds is 21. The second-order valence-corrected chi connectivity index (χ2v) is 20.5. The number of aliphatic hydroxyl groups is 1. The first kappa shape index (κ1) is 63.7. The van der Waals surface area contributed by atoms with Crippen LogP contribution in [0.3, 0.4) is 0 Å². The Morgan fingerprint density at radius 1 is 0.823 bits per heavy atom. The molecule has 25 nitrogen and oxygen atoms in total. The van der Waals surface area contributed by atoms with Gasteiger partial charge in [0.15, 0.2) is 5.96 Å². The fourth-order valence-electron chi connectivity index (χ4n) is 9.26. The highest BCUT2D eigenvalue weighted by atomic mass is 16.5. The summed E-state index contributed by atoms with van der Waals surface area (Å²) < 4.78 is 5.92. The van der Waals surface area contributed by atoms with Crippen molar-refractivity contribution in [3.8, 4) is 5.75 Å². The molecule has 0 saturated carbocycles. The van der Waals surface area contributed by atoms with Crippen molar-refractivity contribution >= 4 is 65.2 Å². The summed E-state index contributed by atoms with van der Waals surface area (Å²) in [5, 5.41) is 46.9. The maximum absolute atomic E-state index is 14.8. The predicted octanol–water partition coefficient (Wildman–Crippen LogP) is -0.412. The number of carboxylic acids is 1. The van der Waals surface area contributed by atoms with Gasteiger partial charge in [-0.25, -0.2) is 9.59 Å². The highest BCUT2D eigenvalue weighted by molar-refractivity contribution is 5.98. The van der Waals surface area contributed by atoms with Crippen LogP contribution >= 0.6 is 0 Å². The van der Waals surface area contributed by atoms with E-state index in [-0.39, 0.29) is 63.2 Å².